The standard InChI is InChI=1S/C14H15BrN4O/c15-11-3-4-13(16-8-11)14(20)19-7-1-2-10(9-19)12-5-6-17-18-12/h3-6,8,10H,1-2,7,9H2,(H,17,18). The maximum Gasteiger partial charge on any atom is 0.272 e. The second-order valence-corrected chi connectivity index (χ2v) is 5.88. The number of hydrogen-bond acceptors (Lipinski definition) is 3. The summed E-state index contributed by atoms with van der Waals surface area (Å²) in [5.74, 6) is 0.340. The summed E-state index contributed by atoms with van der Waals surface area (Å²) in [6.07, 6.45) is 5.50. The predicted molar refractivity (Wildman–Crippen MR) is 78.4 cm³/mol. The van der Waals surface area contributed by atoms with E-state index in [1.54, 1.807) is 18.5 Å². The molecule has 3 rings (SSSR count). The van der Waals surface area contributed by atoms with E-state index in [1.165, 1.54) is 0 Å². The number of piperidine rings is 1. The van der Waals surface area contributed by atoms with Crippen molar-refractivity contribution in [1.82, 2.24) is 20.1 Å². The number of hydrogen-bond donors (Lipinski definition) is 1. The number of halogens is 1. The maximum atomic E-state index is 12.4. The van der Waals surface area contributed by atoms with E-state index >= 15 is 0 Å². The van der Waals surface area contributed by atoms with Crippen LogP contribution in [0.15, 0.2) is 35.1 Å². The number of likely N-dealkylation sites (tertiary alicyclic amines) is 1. The van der Waals surface area contributed by atoms with Crippen LogP contribution in [-0.2, 0) is 0 Å². The number of aromatic amines is 1. The number of pyridine rings is 1. The number of H-pyrrole nitrogens is 1. The highest BCUT2D eigenvalue weighted by Gasteiger charge is 2.26. The van der Waals surface area contributed by atoms with E-state index in [-0.39, 0.29) is 5.91 Å². The van der Waals surface area contributed by atoms with Gasteiger partial charge in [0.15, 0.2) is 0 Å². The molecule has 3 heterocycles. The Morgan fingerprint density at radius 2 is 2.30 bits per heavy atom. The van der Waals surface area contributed by atoms with Crippen molar-refractivity contribution in [2.75, 3.05) is 13.1 Å². The molecule has 1 amide bonds. The lowest BCUT2D eigenvalue weighted by Gasteiger charge is -2.32. The molecule has 1 fully saturated rings. The Bertz CT molecular complexity index is 582. The van der Waals surface area contributed by atoms with E-state index in [0.717, 1.165) is 36.1 Å². The number of nitrogens with zero attached hydrogens (tertiary/aromatic N) is 3. The molecule has 0 bridgehead atoms. The summed E-state index contributed by atoms with van der Waals surface area (Å²) in [4.78, 5) is 18.5. The van der Waals surface area contributed by atoms with E-state index in [2.05, 4.69) is 31.1 Å². The summed E-state index contributed by atoms with van der Waals surface area (Å²) in [5, 5.41) is 6.99. The van der Waals surface area contributed by atoms with Crippen molar-refractivity contribution < 1.29 is 4.79 Å². The molecule has 1 aliphatic rings. The summed E-state index contributed by atoms with van der Waals surface area (Å²) < 4.78 is 0.878. The Kier molecular flexibility index (Phi) is 3.82. The fraction of sp³-hybridized carbons (Fsp3) is 0.357. The zero-order valence-corrected chi connectivity index (χ0v) is 12.5. The van der Waals surface area contributed by atoms with E-state index in [1.807, 2.05) is 17.0 Å². The number of carbonyl (C=O) groups is 1. The van der Waals surface area contributed by atoms with Crippen molar-refractivity contribution in [2.24, 2.45) is 0 Å². The van der Waals surface area contributed by atoms with Crippen molar-refractivity contribution in [3.8, 4) is 0 Å². The Hall–Kier alpha value is -1.69. The molecular weight excluding hydrogens is 320 g/mol. The average molecular weight is 335 g/mol. The Morgan fingerprint density at radius 3 is 3.00 bits per heavy atom. The smallest absolute Gasteiger partial charge is 0.272 e. The molecule has 2 aromatic heterocycles. The lowest BCUT2D eigenvalue weighted by atomic mass is 9.95. The monoisotopic (exact) mass is 334 g/mol. The first kappa shape index (κ1) is 13.3. The minimum atomic E-state index is 0.00159. The van der Waals surface area contributed by atoms with Crippen molar-refractivity contribution in [2.45, 2.75) is 18.8 Å². The Balaban J connectivity index is 1.73. The van der Waals surface area contributed by atoms with Crippen molar-refractivity contribution in [3.05, 3.63) is 46.5 Å². The summed E-state index contributed by atoms with van der Waals surface area (Å²) in [7, 11) is 0. The molecule has 6 heteroatoms. The van der Waals surface area contributed by atoms with Gasteiger partial charge in [-0.05, 0) is 47.0 Å². The van der Waals surface area contributed by atoms with E-state index in [4.69, 9.17) is 0 Å². The fourth-order valence-corrected chi connectivity index (χ4v) is 2.81. The first-order valence-electron chi connectivity index (χ1n) is 6.64. The molecule has 1 saturated heterocycles. The van der Waals surface area contributed by atoms with Gasteiger partial charge in [0.1, 0.15) is 5.69 Å². The van der Waals surface area contributed by atoms with Crippen LogP contribution >= 0.6 is 15.9 Å². The maximum absolute atomic E-state index is 12.4. The van der Waals surface area contributed by atoms with Crippen molar-refractivity contribution in [1.29, 1.82) is 0 Å². The molecular formula is C14H15BrN4O. The molecule has 0 spiro atoms. The molecule has 1 atom stereocenters. The third-order valence-electron chi connectivity index (χ3n) is 3.62. The quantitative estimate of drug-likeness (QED) is 0.918. The summed E-state index contributed by atoms with van der Waals surface area (Å²) >= 11 is 3.33. The van der Waals surface area contributed by atoms with Gasteiger partial charge in [-0.1, -0.05) is 0 Å². The number of nitrogens with one attached hydrogen (secondary N) is 1. The van der Waals surface area contributed by atoms with Gasteiger partial charge in [0.25, 0.3) is 5.91 Å². The van der Waals surface area contributed by atoms with Crippen molar-refractivity contribution >= 4 is 21.8 Å². The molecule has 1 N–H and O–H groups in total. The molecule has 0 saturated carbocycles. The van der Waals surface area contributed by atoms with E-state index in [0.29, 0.717) is 11.6 Å². The zero-order chi connectivity index (χ0) is 13.9. The Labute approximate surface area is 125 Å². The van der Waals surface area contributed by atoms with Gasteiger partial charge in [0.2, 0.25) is 0 Å². The van der Waals surface area contributed by atoms with Gasteiger partial charge < -0.3 is 4.90 Å². The van der Waals surface area contributed by atoms with Gasteiger partial charge in [-0.2, -0.15) is 5.10 Å². The SMILES string of the molecule is O=C(c1ccc(Br)cn1)N1CCCC(c2ccn[nH]2)C1. The highest BCUT2D eigenvalue weighted by molar-refractivity contribution is 9.10. The first-order chi connectivity index (χ1) is 9.74. The predicted octanol–water partition coefficient (Wildman–Crippen LogP) is 2.59. The summed E-state index contributed by atoms with van der Waals surface area (Å²) in [5.41, 5.74) is 1.60. The second kappa shape index (κ2) is 5.75. The average Bonchev–Trinajstić information content (AvgIpc) is 3.02. The number of amides is 1. The van der Waals surface area contributed by atoms with E-state index < -0.39 is 0 Å². The molecule has 0 aliphatic carbocycles. The molecule has 2 aromatic rings. The van der Waals surface area contributed by atoms with Crippen LogP contribution in [0, 0.1) is 0 Å². The summed E-state index contributed by atoms with van der Waals surface area (Å²) in [6, 6.07) is 5.58. The number of carbonyl (C=O) groups excluding carboxylic acids is 1. The topological polar surface area (TPSA) is 61.9 Å². The minimum Gasteiger partial charge on any atom is -0.337 e. The molecule has 0 radical (unpaired) electrons. The van der Waals surface area contributed by atoms with Crippen LogP contribution < -0.4 is 0 Å². The van der Waals surface area contributed by atoms with Gasteiger partial charge in [-0.25, -0.2) is 4.98 Å². The van der Waals surface area contributed by atoms with Crippen LogP contribution in [0.4, 0.5) is 0 Å². The zero-order valence-electron chi connectivity index (χ0n) is 10.9. The third kappa shape index (κ3) is 2.75. The van der Waals surface area contributed by atoms with Gasteiger partial charge in [-0.3, -0.25) is 9.89 Å². The van der Waals surface area contributed by atoms with Gasteiger partial charge in [0, 0.05) is 41.6 Å². The van der Waals surface area contributed by atoms with Crippen molar-refractivity contribution in [3.63, 3.8) is 0 Å². The van der Waals surface area contributed by atoms with Gasteiger partial charge in [-0.15, -0.1) is 0 Å². The highest BCUT2D eigenvalue weighted by atomic mass is 79.9. The third-order valence-corrected chi connectivity index (χ3v) is 4.09. The van der Waals surface area contributed by atoms with E-state index in [9.17, 15) is 4.79 Å². The normalized spacial score (nSPS) is 19.1. The number of rotatable bonds is 2. The Morgan fingerprint density at radius 1 is 1.40 bits per heavy atom. The molecule has 0 aromatic carbocycles. The fourth-order valence-electron chi connectivity index (χ4n) is 2.57. The lowest BCUT2D eigenvalue weighted by molar-refractivity contribution is 0.0700. The molecule has 1 unspecified atom stereocenters. The first-order valence-corrected chi connectivity index (χ1v) is 7.43. The van der Waals surface area contributed by atoms with Crippen LogP contribution in [0.2, 0.25) is 0 Å². The second-order valence-electron chi connectivity index (χ2n) is 4.96. The molecule has 5 nitrogen and oxygen atoms in total. The summed E-state index contributed by atoms with van der Waals surface area (Å²) in [6.45, 7) is 1.51. The van der Waals surface area contributed by atoms with Crippen LogP contribution in [-0.4, -0.2) is 39.1 Å². The molecule has 20 heavy (non-hydrogen) atoms. The largest absolute Gasteiger partial charge is 0.337 e. The highest BCUT2D eigenvalue weighted by Crippen LogP contribution is 2.26. The molecule has 104 valence electrons. The van der Waals surface area contributed by atoms with Gasteiger partial charge in [0.05, 0.1) is 0 Å². The minimum absolute atomic E-state index is 0.00159. The number of aromatic nitrogens is 3. The van der Waals surface area contributed by atoms with Crippen LogP contribution in [0.5, 0.6) is 0 Å². The van der Waals surface area contributed by atoms with Crippen LogP contribution in [0.25, 0.3) is 0 Å². The van der Waals surface area contributed by atoms with Gasteiger partial charge >= 0.3 is 0 Å². The lowest BCUT2D eigenvalue weighted by Crippen LogP contribution is -2.39. The molecule has 1 aliphatic heterocycles. The van der Waals surface area contributed by atoms with Crippen LogP contribution in [0.3, 0.4) is 0 Å². The van der Waals surface area contributed by atoms with Crippen LogP contribution in [0.1, 0.15) is 34.9 Å².